The molecule has 1 amide bonds. The van der Waals surface area contributed by atoms with Crippen molar-refractivity contribution >= 4 is 17.8 Å². The largest absolute Gasteiger partial charge is 0.477 e. The Morgan fingerprint density at radius 3 is 2.90 bits per heavy atom. The first-order valence-corrected chi connectivity index (χ1v) is 5.88. The quantitative estimate of drug-likeness (QED) is 0.495. The number of hydrogen-bond acceptors (Lipinski definition) is 6. The molecule has 0 aliphatic heterocycles. The molecule has 0 bridgehead atoms. The van der Waals surface area contributed by atoms with Gasteiger partial charge in [0.15, 0.2) is 12.4 Å². The molecule has 1 aromatic carbocycles. The van der Waals surface area contributed by atoms with Gasteiger partial charge in [0.25, 0.3) is 5.91 Å². The number of furan rings is 1. The minimum atomic E-state index is -0.581. The Labute approximate surface area is 119 Å². The number of amides is 1. The zero-order valence-electron chi connectivity index (χ0n) is 10.8. The van der Waals surface area contributed by atoms with Crippen molar-refractivity contribution in [1.29, 1.82) is 0 Å². The van der Waals surface area contributed by atoms with Crippen LogP contribution >= 0.6 is 0 Å². The van der Waals surface area contributed by atoms with E-state index in [1.54, 1.807) is 18.2 Å². The van der Waals surface area contributed by atoms with E-state index in [9.17, 15) is 14.9 Å². The lowest BCUT2D eigenvalue weighted by Crippen LogP contribution is -2.24. The fraction of sp³-hybridized carbons (Fsp3) is 0.0769. The van der Waals surface area contributed by atoms with Crippen LogP contribution in [0.5, 0.6) is 5.75 Å². The third-order valence-electron chi connectivity index (χ3n) is 2.34. The van der Waals surface area contributed by atoms with Crippen molar-refractivity contribution in [3.05, 3.63) is 58.5 Å². The Balaban J connectivity index is 1.85. The highest BCUT2D eigenvalue weighted by molar-refractivity contribution is 5.81. The third kappa shape index (κ3) is 4.16. The molecule has 0 unspecified atom stereocenters. The molecule has 0 aliphatic rings. The molecular formula is C13H11N3O5. The summed E-state index contributed by atoms with van der Waals surface area (Å²) in [6.07, 6.45) is 2.80. The molecule has 108 valence electrons. The van der Waals surface area contributed by atoms with Crippen molar-refractivity contribution < 1.29 is 18.9 Å². The topological polar surface area (TPSA) is 107 Å². The van der Waals surface area contributed by atoms with E-state index in [1.165, 1.54) is 30.7 Å². The second kappa shape index (κ2) is 6.85. The van der Waals surface area contributed by atoms with Crippen molar-refractivity contribution in [2.45, 2.75) is 0 Å². The first-order valence-electron chi connectivity index (χ1n) is 5.88. The lowest BCUT2D eigenvalue weighted by Gasteiger charge is -2.05. The number of nitrogens with one attached hydrogen (secondary N) is 1. The summed E-state index contributed by atoms with van der Waals surface area (Å²) in [6.45, 7) is -0.389. The van der Waals surface area contributed by atoms with E-state index in [0.717, 1.165) is 0 Å². The summed E-state index contributed by atoms with van der Waals surface area (Å²) in [4.78, 5) is 21.7. The van der Waals surface area contributed by atoms with Crippen LogP contribution in [0.15, 0.2) is 52.2 Å². The second-order valence-electron chi connectivity index (χ2n) is 3.82. The van der Waals surface area contributed by atoms with Gasteiger partial charge in [-0.1, -0.05) is 12.1 Å². The van der Waals surface area contributed by atoms with Gasteiger partial charge in [-0.15, -0.1) is 0 Å². The lowest BCUT2D eigenvalue weighted by molar-refractivity contribution is -0.385. The van der Waals surface area contributed by atoms with Crippen LogP contribution in [0.2, 0.25) is 0 Å². The highest BCUT2D eigenvalue weighted by Gasteiger charge is 2.14. The number of carbonyl (C=O) groups excluding carboxylic acids is 1. The van der Waals surface area contributed by atoms with E-state index in [4.69, 9.17) is 9.15 Å². The number of hydrogen-bond donors (Lipinski definition) is 1. The van der Waals surface area contributed by atoms with Crippen LogP contribution in [0.4, 0.5) is 5.69 Å². The number of rotatable bonds is 6. The van der Waals surface area contributed by atoms with Crippen LogP contribution in [-0.2, 0) is 4.79 Å². The maximum absolute atomic E-state index is 11.5. The Morgan fingerprint density at radius 2 is 2.19 bits per heavy atom. The predicted octanol–water partition coefficient (Wildman–Crippen LogP) is 1.72. The fourth-order valence-corrected chi connectivity index (χ4v) is 1.44. The van der Waals surface area contributed by atoms with E-state index in [2.05, 4.69) is 10.5 Å². The standard InChI is InChI=1S/C13H11N3O5/c17-13(15-14-8-10-4-3-7-20-10)9-21-12-6-2-1-5-11(12)16(18)19/h1-8H,9H2,(H,15,17)/b14-8+. The van der Waals surface area contributed by atoms with Gasteiger partial charge in [-0.05, 0) is 18.2 Å². The SMILES string of the molecule is O=C(COc1ccccc1[N+](=O)[O-])N/N=C/c1ccco1. The van der Waals surface area contributed by atoms with Gasteiger partial charge in [0.2, 0.25) is 0 Å². The highest BCUT2D eigenvalue weighted by atomic mass is 16.6. The lowest BCUT2D eigenvalue weighted by atomic mass is 10.3. The van der Waals surface area contributed by atoms with Crippen LogP contribution < -0.4 is 10.2 Å². The summed E-state index contributed by atoms with van der Waals surface area (Å²) in [5.74, 6) is -0.0430. The summed E-state index contributed by atoms with van der Waals surface area (Å²) in [6, 6.07) is 9.15. The number of para-hydroxylation sites is 2. The van der Waals surface area contributed by atoms with Gasteiger partial charge in [-0.2, -0.15) is 5.10 Å². The normalized spacial score (nSPS) is 10.5. The molecule has 1 aromatic heterocycles. The van der Waals surface area contributed by atoms with Crippen LogP contribution in [-0.4, -0.2) is 23.7 Å². The zero-order valence-corrected chi connectivity index (χ0v) is 10.8. The van der Waals surface area contributed by atoms with Gasteiger partial charge in [0, 0.05) is 6.07 Å². The predicted molar refractivity (Wildman–Crippen MR) is 73.0 cm³/mol. The minimum absolute atomic E-state index is 0.0210. The number of benzene rings is 1. The Kier molecular flexibility index (Phi) is 4.65. The summed E-state index contributed by atoms with van der Waals surface area (Å²) in [7, 11) is 0. The van der Waals surface area contributed by atoms with Gasteiger partial charge in [-0.25, -0.2) is 5.43 Å². The van der Waals surface area contributed by atoms with Crippen molar-refractivity contribution in [2.75, 3.05) is 6.61 Å². The van der Waals surface area contributed by atoms with Crippen molar-refractivity contribution in [3.63, 3.8) is 0 Å². The third-order valence-corrected chi connectivity index (χ3v) is 2.34. The number of nitrogens with zero attached hydrogens (tertiary/aromatic N) is 2. The summed E-state index contributed by atoms with van der Waals surface area (Å²) in [5, 5.41) is 14.4. The molecule has 0 aliphatic carbocycles. The molecule has 0 radical (unpaired) electrons. The first-order chi connectivity index (χ1) is 10.2. The summed E-state index contributed by atoms with van der Waals surface area (Å²) >= 11 is 0. The molecule has 0 fully saturated rings. The molecule has 0 saturated carbocycles. The molecule has 0 saturated heterocycles. The average Bonchev–Trinajstić information content (AvgIpc) is 2.98. The van der Waals surface area contributed by atoms with Crippen molar-refractivity contribution in [3.8, 4) is 5.75 Å². The molecule has 8 nitrogen and oxygen atoms in total. The Morgan fingerprint density at radius 1 is 1.38 bits per heavy atom. The number of nitro benzene ring substituents is 1. The van der Waals surface area contributed by atoms with Gasteiger partial charge in [0.1, 0.15) is 5.76 Å². The number of nitro groups is 1. The van der Waals surface area contributed by atoms with Gasteiger partial charge in [-0.3, -0.25) is 14.9 Å². The van der Waals surface area contributed by atoms with Crippen LogP contribution in [0.3, 0.4) is 0 Å². The first kappa shape index (κ1) is 14.3. The second-order valence-corrected chi connectivity index (χ2v) is 3.82. The van der Waals surface area contributed by atoms with Gasteiger partial charge in [0.05, 0.1) is 17.4 Å². The van der Waals surface area contributed by atoms with Crippen molar-refractivity contribution in [1.82, 2.24) is 5.43 Å². The number of carbonyl (C=O) groups is 1. The number of hydrazone groups is 1. The molecule has 0 atom stereocenters. The minimum Gasteiger partial charge on any atom is -0.477 e. The monoisotopic (exact) mass is 289 g/mol. The molecule has 1 N–H and O–H groups in total. The molecule has 2 rings (SSSR count). The fourth-order valence-electron chi connectivity index (χ4n) is 1.44. The van der Waals surface area contributed by atoms with Crippen molar-refractivity contribution in [2.24, 2.45) is 5.10 Å². The molecular weight excluding hydrogens is 278 g/mol. The van der Waals surface area contributed by atoms with E-state index in [0.29, 0.717) is 5.76 Å². The molecule has 8 heteroatoms. The molecule has 1 heterocycles. The van der Waals surface area contributed by atoms with Gasteiger partial charge >= 0.3 is 5.69 Å². The van der Waals surface area contributed by atoms with E-state index < -0.39 is 10.8 Å². The van der Waals surface area contributed by atoms with Crippen LogP contribution in [0.1, 0.15) is 5.76 Å². The zero-order chi connectivity index (χ0) is 15.1. The van der Waals surface area contributed by atoms with E-state index in [1.807, 2.05) is 0 Å². The van der Waals surface area contributed by atoms with E-state index >= 15 is 0 Å². The Bertz CT molecular complexity index is 652. The average molecular weight is 289 g/mol. The summed E-state index contributed by atoms with van der Waals surface area (Å²) in [5.41, 5.74) is 2.01. The number of ether oxygens (including phenoxy) is 1. The van der Waals surface area contributed by atoms with Gasteiger partial charge < -0.3 is 9.15 Å². The van der Waals surface area contributed by atoms with Crippen LogP contribution in [0.25, 0.3) is 0 Å². The van der Waals surface area contributed by atoms with Crippen LogP contribution in [0, 0.1) is 10.1 Å². The van der Waals surface area contributed by atoms with E-state index in [-0.39, 0.29) is 18.0 Å². The maximum Gasteiger partial charge on any atom is 0.310 e. The Hall–Kier alpha value is -3.16. The maximum atomic E-state index is 11.5. The molecule has 2 aromatic rings. The molecule has 0 spiro atoms. The molecule has 21 heavy (non-hydrogen) atoms. The smallest absolute Gasteiger partial charge is 0.310 e. The highest BCUT2D eigenvalue weighted by Crippen LogP contribution is 2.25. The summed E-state index contributed by atoms with van der Waals surface area (Å²) < 4.78 is 10.1.